The van der Waals surface area contributed by atoms with Gasteiger partial charge in [0, 0.05) is 18.3 Å². The van der Waals surface area contributed by atoms with Gasteiger partial charge in [-0.2, -0.15) is 5.10 Å². The summed E-state index contributed by atoms with van der Waals surface area (Å²) in [5.41, 5.74) is 3.76. The summed E-state index contributed by atoms with van der Waals surface area (Å²) in [5.74, 6) is -0.320. The van der Waals surface area contributed by atoms with Gasteiger partial charge in [-0.15, -0.1) is 0 Å². The van der Waals surface area contributed by atoms with Crippen molar-refractivity contribution in [2.24, 2.45) is 7.05 Å². The van der Waals surface area contributed by atoms with E-state index >= 15 is 0 Å². The molecule has 0 fully saturated rings. The van der Waals surface area contributed by atoms with Crippen LogP contribution < -0.4 is 0 Å². The molecule has 0 saturated heterocycles. The van der Waals surface area contributed by atoms with Gasteiger partial charge in [-0.1, -0.05) is 12.1 Å². The fraction of sp³-hybridized carbons (Fsp3) is 0.231. The zero-order valence-corrected chi connectivity index (χ0v) is 10.1. The van der Waals surface area contributed by atoms with Gasteiger partial charge in [0.05, 0.1) is 18.9 Å². The maximum Gasteiger partial charge on any atom is 0.337 e. The van der Waals surface area contributed by atoms with Crippen molar-refractivity contribution in [3.63, 3.8) is 0 Å². The van der Waals surface area contributed by atoms with Crippen molar-refractivity contribution < 1.29 is 9.53 Å². The van der Waals surface area contributed by atoms with Gasteiger partial charge in [-0.05, 0) is 24.6 Å². The second-order valence-electron chi connectivity index (χ2n) is 3.84. The van der Waals surface area contributed by atoms with Crippen LogP contribution in [-0.2, 0) is 11.8 Å². The summed E-state index contributed by atoms with van der Waals surface area (Å²) in [7, 11) is 3.28. The van der Waals surface area contributed by atoms with E-state index in [-0.39, 0.29) is 5.97 Å². The number of aryl methyl sites for hydroxylation is 1. The molecule has 0 saturated carbocycles. The SMILES string of the molecule is COC(=O)c1ccc(-c2cnn(C)c2C)cc1. The van der Waals surface area contributed by atoms with Gasteiger partial charge < -0.3 is 4.74 Å². The fourth-order valence-electron chi connectivity index (χ4n) is 1.69. The third-order valence-electron chi connectivity index (χ3n) is 2.85. The van der Waals surface area contributed by atoms with E-state index in [0.717, 1.165) is 16.8 Å². The first-order chi connectivity index (χ1) is 8.13. The molecular formula is C13H14N2O2. The Bertz CT molecular complexity index is 541. The first-order valence-electron chi connectivity index (χ1n) is 5.31. The molecule has 0 atom stereocenters. The van der Waals surface area contributed by atoms with Crippen molar-refractivity contribution in [3.05, 3.63) is 41.7 Å². The van der Waals surface area contributed by atoms with E-state index in [1.165, 1.54) is 7.11 Å². The van der Waals surface area contributed by atoms with E-state index in [2.05, 4.69) is 9.84 Å². The van der Waals surface area contributed by atoms with Crippen LogP contribution in [0.2, 0.25) is 0 Å². The van der Waals surface area contributed by atoms with Crippen molar-refractivity contribution in [3.8, 4) is 11.1 Å². The summed E-state index contributed by atoms with van der Waals surface area (Å²) in [6, 6.07) is 7.31. The molecule has 0 amide bonds. The quantitative estimate of drug-likeness (QED) is 0.743. The van der Waals surface area contributed by atoms with Gasteiger partial charge >= 0.3 is 5.97 Å². The molecule has 0 aliphatic rings. The summed E-state index contributed by atoms with van der Waals surface area (Å²) < 4.78 is 6.48. The Morgan fingerprint density at radius 3 is 2.41 bits per heavy atom. The number of hydrogen-bond donors (Lipinski definition) is 0. The average Bonchev–Trinajstić information content (AvgIpc) is 2.69. The number of carbonyl (C=O) groups excluding carboxylic acids is 1. The third kappa shape index (κ3) is 2.06. The molecule has 88 valence electrons. The number of esters is 1. The lowest BCUT2D eigenvalue weighted by molar-refractivity contribution is 0.0601. The molecule has 0 radical (unpaired) electrons. The molecule has 0 aliphatic carbocycles. The predicted molar refractivity (Wildman–Crippen MR) is 64.7 cm³/mol. The summed E-state index contributed by atoms with van der Waals surface area (Å²) in [6.45, 7) is 2.01. The van der Waals surface area contributed by atoms with Crippen molar-refractivity contribution in [1.82, 2.24) is 9.78 Å². The smallest absolute Gasteiger partial charge is 0.337 e. The lowest BCUT2D eigenvalue weighted by Crippen LogP contribution is -2.00. The second kappa shape index (κ2) is 4.41. The Morgan fingerprint density at radius 2 is 1.94 bits per heavy atom. The monoisotopic (exact) mass is 230 g/mol. The van der Waals surface area contributed by atoms with Crippen LogP contribution in [0.1, 0.15) is 16.1 Å². The Kier molecular flexibility index (Phi) is 2.95. The zero-order chi connectivity index (χ0) is 12.4. The molecule has 4 nitrogen and oxygen atoms in total. The number of methoxy groups -OCH3 is 1. The minimum Gasteiger partial charge on any atom is -0.465 e. The van der Waals surface area contributed by atoms with E-state index in [1.807, 2.05) is 37.0 Å². The summed E-state index contributed by atoms with van der Waals surface area (Å²) in [5, 5.41) is 4.19. The summed E-state index contributed by atoms with van der Waals surface area (Å²) in [6.07, 6.45) is 1.82. The molecule has 0 bridgehead atoms. The molecule has 1 heterocycles. The van der Waals surface area contributed by atoms with Crippen LogP contribution in [0.25, 0.3) is 11.1 Å². The van der Waals surface area contributed by atoms with Crippen molar-refractivity contribution in [2.75, 3.05) is 7.11 Å². The number of benzene rings is 1. The number of ether oxygens (including phenoxy) is 1. The highest BCUT2D eigenvalue weighted by Gasteiger charge is 2.08. The number of carbonyl (C=O) groups is 1. The van der Waals surface area contributed by atoms with E-state index in [1.54, 1.807) is 12.1 Å². The summed E-state index contributed by atoms with van der Waals surface area (Å²) >= 11 is 0. The highest BCUT2D eigenvalue weighted by Crippen LogP contribution is 2.22. The maximum absolute atomic E-state index is 11.3. The first kappa shape index (κ1) is 11.4. The molecule has 0 unspecified atom stereocenters. The van der Waals surface area contributed by atoms with Crippen LogP contribution in [0, 0.1) is 6.92 Å². The highest BCUT2D eigenvalue weighted by atomic mass is 16.5. The van der Waals surface area contributed by atoms with Gasteiger partial charge in [0.25, 0.3) is 0 Å². The maximum atomic E-state index is 11.3. The Labute approximate surface area is 99.8 Å². The Morgan fingerprint density at radius 1 is 1.29 bits per heavy atom. The normalized spacial score (nSPS) is 10.3. The molecule has 1 aromatic heterocycles. The van der Waals surface area contributed by atoms with Crippen LogP contribution >= 0.6 is 0 Å². The van der Waals surface area contributed by atoms with Crippen LogP contribution in [0.15, 0.2) is 30.5 Å². The molecule has 17 heavy (non-hydrogen) atoms. The first-order valence-corrected chi connectivity index (χ1v) is 5.31. The molecule has 0 aliphatic heterocycles. The van der Waals surface area contributed by atoms with E-state index in [9.17, 15) is 4.79 Å². The number of hydrogen-bond acceptors (Lipinski definition) is 3. The Hall–Kier alpha value is -2.10. The largest absolute Gasteiger partial charge is 0.465 e. The van der Waals surface area contributed by atoms with Gasteiger partial charge in [-0.3, -0.25) is 4.68 Å². The van der Waals surface area contributed by atoms with Crippen LogP contribution in [0.4, 0.5) is 0 Å². The molecular weight excluding hydrogens is 216 g/mol. The standard InChI is InChI=1S/C13H14N2O2/c1-9-12(8-14-15(9)2)10-4-6-11(7-5-10)13(16)17-3/h4-8H,1-3H3. The molecule has 2 aromatic rings. The minimum atomic E-state index is -0.320. The van der Waals surface area contributed by atoms with Gasteiger partial charge in [0.2, 0.25) is 0 Å². The lowest BCUT2D eigenvalue weighted by atomic mass is 10.1. The third-order valence-corrected chi connectivity index (χ3v) is 2.85. The number of nitrogens with zero attached hydrogens (tertiary/aromatic N) is 2. The van der Waals surface area contributed by atoms with Crippen LogP contribution in [0.5, 0.6) is 0 Å². The van der Waals surface area contributed by atoms with Gasteiger partial charge in [-0.25, -0.2) is 4.79 Å². The van der Waals surface area contributed by atoms with Crippen molar-refractivity contribution >= 4 is 5.97 Å². The molecule has 1 aromatic carbocycles. The average molecular weight is 230 g/mol. The van der Waals surface area contributed by atoms with Crippen molar-refractivity contribution in [1.29, 1.82) is 0 Å². The number of aromatic nitrogens is 2. The van der Waals surface area contributed by atoms with Crippen molar-refractivity contribution in [2.45, 2.75) is 6.92 Å². The fourth-order valence-corrected chi connectivity index (χ4v) is 1.69. The van der Waals surface area contributed by atoms with E-state index < -0.39 is 0 Å². The number of rotatable bonds is 2. The molecule has 2 rings (SSSR count). The van der Waals surface area contributed by atoms with Crippen LogP contribution in [-0.4, -0.2) is 22.9 Å². The summed E-state index contributed by atoms with van der Waals surface area (Å²) in [4.78, 5) is 11.3. The topological polar surface area (TPSA) is 44.1 Å². The van der Waals surface area contributed by atoms with E-state index in [0.29, 0.717) is 5.56 Å². The molecule has 0 N–H and O–H groups in total. The van der Waals surface area contributed by atoms with Crippen LogP contribution in [0.3, 0.4) is 0 Å². The Balaban J connectivity index is 2.36. The minimum absolute atomic E-state index is 0.320. The predicted octanol–water partition coefficient (Wildman–Crippen LogP) is 2.18. The lowest BCUT2D eigenvalue weighted by Gasteiger charge is -2.03. The molecule has 4 heteroatoms. The zero-order valence-electron chi connectivity index (χ0n) is 10.1. The van der Waals surface area contributed by atoms with Gasteiger partial charge in [0.1, 0.15) is 0 Å². The highest BCUT2D eigenvalue weighted by molar-refractivity contribution is 5.90. The molecule has 0 spiro atoms. The second-order valence-corrected chi connectivity index (χ2v) is 3.84. The van der Waals surface area contributed by atoms with E-state index in [4.69, 9.17) is 0 Å². The van der Waals surface area contributed by atoms with Gasteiger partial charge in [0.15, 0.2) is 0 Å².